The molecule has 0 aliphatic carbocycles. The number of carbonyl (C=O) groups excluding carboxylic acids is 3. The lowest BCUT2D eigenvalue weighted by Gasteiger charge is -2.52. The molecule has 0 spiro atoms. The summed E-state index contributed by atoms with van der Waals surface area (Å²) >= 11 is 1.30. The molecule has 0 radical (unpaired) electrons. The number of rotatable bonds is 5. The molecule has 0 saturated carbocycles. The lowest BCUT2D eigenvalue weighted by molar-refractivity contribution is -0.159. The Balaban J connectivity index is 2.13. The van der Waals surface area contributed by atoms with Crippen molar-refractivity contribution in [3.63, 3.8) is 0 Å². The lowest BCUT2D eigenvalue weighted by Crippen LogP contribution is -2.75. The van der Waals surface area contributed by atoms with Crippen LogP contribution in [0.5, 0.6) is 0 Å². The van der Waals surface area contributed by atoms with Crippen LogP contribution >= 0.6 is 11.8 Å². The van der Waals surface area contributed by atoms with Crippen molar-refractivity contribution in [3.8, 4) is 0 Å². The van der Waals surface area contributed by atoms with E-state index in [1.54, 1.807) is 0 Å². The molecule has 2 aliphatic heterocycles. The Morgan fingerprint density at radius 3 is 2.65 bits per heavy atom. The fourth-order valence-electron chi connectivity index (χ4n) is 2.40. The lowest BCUT2D eigenvalue weighted by atomic mass is 9.98. The summed E-state index contributed by atoms with van der Waals surface area (Å²) in [6.07, 6.45) is 0. The Labute approximate surface area is 135 Å². The van der Waals surface area contributed by atoms with Crippen LogP contribution in [-0.2, 0) is 24.0 Å². The fourth-order valence-corrected chi connectivity index (χ4v) is 3.70. The molecule has 2 heterocycles. The molecular formula is C13H15N3O6S. The van der Waals surface area contributed by atoms with E-state index in [4.69, 9.17) is 0 Å². The number of carbonyl (C=O) groups is 4. The summed E-state index contributed by atoms with van der Waals surface area (Å²) in [5, 5.41) is 14.4. The number of hydrogen-bond donors (Lipinski definition) is 2. The molecule has 0 aromatic rings. The molecule has 2 N–H and O–H groups in total. The predicted molar refractivity (Wildman–Crippen MR) is 80.7 cm³/mol. The number of fused-ring (bicyclic) bond motifs is 1. The first kappa shape index (κ1) is 17.0. The van der Waals surface area contributed by atoms with E-state index >= 15 is 0 Å². The predicted octanol–water partition coefficient (Wildman–Crippen LogP) is -1.01. The molecule has 2 rings (SSSR count). The third kappa shape index (κ3) is 2.93. The molecule has 124 valence electrons. The smallest absolute Gasteiger partial charge is 0.330 e. The monoisotopic (exact) mass is 341 g/mol. The van der Waals surface area contributed by atoms with Gasteiger partial charge in [-0.25, -0.2) is 4.79 Å². The van der Waals surface area contributed by atoms with Crippen molar-refractivity contribution in [1.29, 1.82) is 0 Å². The highest BCUT2D eigenvalue weighted by Crippen LogP contribution is 2.39. The van der Waals surface area contributed by atoms with Crippen molar-refractivity contribution >= 4 is 41.0 Å². The zero-order valence-corrected chi connectivity index (χ0v) is 13.3. The molecule has 2 amide bonds. The van der Waals surface area contributed by atoms with Gasteiger partial charge in [0.1, 0.15) is 18.5 Å². The van der Waals surface area contributed by atoms with Crippen LogP contribution in [0.3, 0.4) is 0 Å². The van der Waals surface area contributed by atoms with Gasteiger partial charge in [-0.3, -0.25) is 14.4 Å². The maximum Gasteiger partial charge on any atom is 0.330 e. The van der Waals surface area contributed by atoms with Crippen molar-refractivity contribution in [2.45, 2.75) is 24.4 Å². The van der Waals surface area contributed by atoms with Crippen LogP contribution in [0.15, 0.2) is 17.3 Å². The van der Waals surface area contributed by atoms with E-state index in [0.29, 0.717) is 11.3 Å². The Bertz CT molecular complexity index is 631. The van der Waals surface area contributed by atoms with Crippen molar-refractivity contribution in [2.24, 2.45) is 5.16 Å². The number of nitrogens with zero attached hydrogens (tertiary/aromatic N) is 2. The number of carboxylic acids is 1. The minimum absolute atomic E-state index is 0.365. The number of nitrogens with one attached hydrogen (secondary N) is 1. The molecule has 0 bridgehead atoms. The maximum absolute atomic E-state index is 12.2. The summed E-state index contributed by atoms with van der Waals surface area (Å²) in [5.41, 5.74) is -0.0407. The highest BCUT2D eigenvalue weighted by atomic mass is 32.2. The number of thioether (sulfide) groups is 1. The van der Waals surface area contributed by atoms with Crippen LogP contribution in [-0.4, -0.2) is 69.6 Å². The van der Waals surface area contributed by atoms with Gasteiger partial charge in [0.15, 0.2) is 11.8 Å². The van der Waals surface area contributed by atoms with Gasteiger partial charge in [0.25, 0.3) is 5.91 Å². The second kappa shape index (κ2) is 6.41. The molecule has 10 heteroatoms. The quantitative estimate of drug-likeness (QED) is 0.216. The number of ketones is 1. The molecule has 23 heavy (non-hydrogen) atoms. The third-order valence-corrected chi connectivity index (χ3v) is 4.81. The molecule has 2 unspecified atom stereocenters. The van der Waals surface area contributed by atoms with Gasteiger partial charge in [0.05, 0.1) is 0 Å². The average Bonchev–Trinajstić information content (AvgIpc) is 2.48. The molecular weight excluding hydrogens is 326 g/mol. The fraction of sp³-hybridized carbons (Fsp3) is 0.462. The maximum atomic E-state index is 12.2. The Morgan fingerprint density at radius 1 is 1.48 bits per heavy atom. The molecule has 9 nitrogen and oxygen atoms in total. The Morgan fingerprint density at radius 2 is 2.13 bits per heavy atom. The van der Waals surface area contributed by atoms with Crippen molar-refractivity contribution in [2.75, 3.05) is 12.9 Å². The highest BCUT2D eigenvalue weighted by Gasteiger charge is 2.56. The summed E-state index contributed by atoms with van der Waals surface area (Å²) in [6, 6.07) is -2.01. The van der Waals surface area contributed by atoms with E-state index in [2.05, 4.69) is 21.9 Å². The van der Waals surface area contributed by atoms with Crippen molar-refractivity contribution in [3.05, 3.63) is 12.2 Å². The van der Waals surface area contributed by atoms with Gasteiger partial charge in [-0.1, -0.05) is 11.7 Å². The van der Waals surface area contributed by atoms with Gasteiger partial charge in [0, 0.05) is 12.7 Å². The summed E-state index contributed by atoms with van der Waals surface area (Å²) in [4.78, 5) is 52.4. The van der Waals surface area contributed by atoms with Gasteiger partial charge in [0.2, 0.25) is 11.6 Å². The zero-order chi connectivity index (χ0) is 17.3. The highest BCUT2D eigenvalue weighted by molar-refractivity contribution is 8.00. The number of hydrogen-bond acceptors (Lipinski definition) is 7. The van der Waals surface area contributed by atoms with E-state index in [0.717, 1.165) is 6.92 Å². The van der Waals surface area contributed by atoms with Gasteiger partial charge >= 0.3 is 5.97 Å². The van der Waals surface area contributed by atoms with Gasteiger partial charge in [-0.15, -0.1) is 11.8 Å². The van der Waals surface area contributed by atoms with E-state index in [-0.39, 0.29) is 0 Å². The number of oxime groups is 1. The van der Waals surface area contributed by atoms with Crippen LogP contribution in [0, 0.1) is 0 Å². The number of β-lactam (4-membered cyclic amide) rings is 1. The number of aliphatic carboxylic acids is 1. The Kier molecular flexibility index (Phi) is 4.73. The van der Waals surface area contributed by atoms with Crippen LogP contribution in [0.2, 0.25) is 0 Å². The summed E-state index contributed by atoms with van der Waals surface area (Å²) in [7, 11) is 1.19. The topological polar surface area (TPSA) is 125 Å². The number of amides is 2. The van der Waals surface area contributed by atoms with Gasteiger partial charge in [-0.05, 0) is 5.57 Å². The SMILES string of the molecule is C=C1CS[C@H]2C(NC(=O)C(=NOC)C(C)=O)C(=O)N2C1C(=O)O. The summed E-state index contributed by atoms with van der Waals surface area (Å²) in [6.45, 7) is 4.81. The second-order valence-electron chi connectivity index (χ2n) is 4.98. The van der Waals surface area contributed by atoms with Gasteiger partial charge in [-0.2, -0.15) is 0 Å². The average molecular weight is 341 g/mol. The van der Waals surface area contributed by atoms with Crippen molar-refractivity contribution in [1.82, 2.24) is 10.2 Å². The molecule has 0 aromatic carbocycles. The molecule has 2 aliphatic rings. The second-order valence-corrected chi connectivity index (χ2v) is 6.08. The Hall–Kier alpha value is -2.36. The summed E-state index contributed by atoms with van der Waals surface area (Å²) in [5.74, 6) is -2.78. The first-order valence-corrected chi connectivity index (χ1v) is 7.61. The molecule has 2 fully saturated rings. The number of carboxylic acid groups (broad SMARTS) is 1. The van der Waals surface area contributed by atoms with E-state index in [1.807, 2.05) is 0 Å². The largest absolute Gasteiger partial charge is 0.479 e. The molecule has 2 saturated heterocycles. The zero-order valence-electron chi connectivity index (χ0n) is 12.4. The molecule has 3 atom stereocenters. The van der Waals surface area contributed by atoms with Crippen LogP contribution in [0.25, 0.3) is 0 Å². The number of Topliss-reactive ketones (excluding diaryl/α,β-unsaturated/α-hetero) is 1. The molecule has 0 aromatic heterocycles. The first-order chi connectivity index (χ1) is 10.8. The van der Waals surface area contributed by atoms with Gasteiger partial charge < -0.3 is 20.2 Å². The van der Waals surface area contributed by atoms with E-state index in [9.17, 15) is 24.3 Å². The van der Waals surface area contributed by atoms with Crippen LogP contribution in [0.1, 0.15) is 6.92 Å². The normalized spacial score (nSPS) is 27.0. The van der Waals surface area contributed by atoms with E-state index in [1.165, 1.54) is 23.8 Å². The van der Waals surface area contributed by atoms with E-state index < -0.39 is 46.7 Å². The first-order valence-electron chi connectivity index (χ1n) is 6.56. The minimum Gasteiger partial charge on any atom is -0.479 e. The van der Waals surface area contributed by atoms with Crippen LogP contribution in [0.4, 0.5) is 0 Å². The summed E-state index contributed by atoms with van der Waals surface area (Å²) < 4.78 is 0. The minimum atomic E-state index is -1.16. The van der Waals surface area contributed by atoms with Crippen LogP contribution < -0.4 is 5.32 Å². The van der Waals surface area contributed by atoms with Crippen molar-refractivity contribution < 1.29 is 29.1 Å². The standard InChI is InChI=1S/C13H15N3O6S/c1-5-4-23-12-8(11(19)16(12)9(5)13(20)21)14-10(18)7(6(2)17)15-22-3/h8-9,12H,1,4H2,2-3H3,(H,14,18)(H,20,21)/t8?,9?,12-/m0/s1. The third-order valence-electron chi connectivity index (χ3n) is 3.44.